The van der Waals surface area contributed by atoms with Crippen molar-refractivity contribution in [2.45, 2.75) is 26.8 Å². The van der Waals surface area contributed by atoms with Crippen LogP contribution in [-0.2, 0) is 0 Å². The van der Waals surface area contributed by atoms with Gasteiger partial charge in [0.15, 0.2) is 0 Å². The van der Waals surface area contributed by atoms with Crippen LogP contribution < -0.4 is 19.5 Å². The first kappa shape index (κ1) is 15.6. The van der Waals surface area contributed by atoms with E-state index >= 15 is 0 Å². The third-order valence-corrected chi connectivity index (χ3v) is 3.14. The second-order valence-corrected chi connectivity index (χ2v) is 5.57. The minimum Gasteiger partial charge on any atom is -0.496 e. The maximum Gasteiger partial charge on any atom is 0.126 e. The Labute approximate surface area is 116 Å². The summed E-state index contributed by atoms with van der Waals surface area (Å²) in [5.41, 5.74) is 0.137. The van der Waals surface area contributed by atoms with Gasteiger partial charge in [-0.1, -0.05) is 20.8 Å². The number of benzene rings is 1. The number of rotatable bonds is 6. The van der Waals surface area contributed by atoms with Crippen molar-refractivity contribution >= 4 is 0 Å². The summed E-state index contributed by atoms with van der Waals surface area (Å²) >= 11 is 0. The van der Waals surface area contributed by atoms with Gasteiger partial charge in [-0.05, 0) is 12.5 Å². The highest BCUT2D eigenvalue weighted by Gasteiger charge is 2.23. The molecule has 1 N–H and O–H groups in total. The summed E-state index contributed by atoms with van der Waals surface area (Å²) in [6.07, 6.45) is 0. The zero-order valence-corrected chi connectivity index (χ0v) is 12.7. The summed E-state index contributed by atoms with van der Waals surface area (Å²) in [6, 6.07) is 5.81. The molecule has 0 bridgehead atoms. The molecule has 1 aromatic carbocycles. The lowest BCUT2D eigenvalue weighted by atomic mass is 9.87. The molecule has 0 aliphatic heterocycles. The Balaban J connectivity index is 2.76. The molecule has 1 atom stereocenters. The first-order valence-electron chi connectivity index (χ1n) is 6.44. The van der Waals surface area contributed by atoms with Gasteiger partial charge in [0, 0.05) is 24.2 Å². The monoisotopic (exact) mass is 267 g/mol. The van der Waals surface area contributed by atoms with Gasteiger partial charge in [0.2, 0.25) is 0 Å². The minimum absolute atomic E-state index is 0.137. The Hall–Kier alpha value is -1.42. The van der Waals surface area contributed by atoms with E-state index < -0.39 is 0 Å². The molecule has 0 radical (unpaired) electrons. The van der Waals surface area contributed by atoms with Crippen LogP contribution in [0.2, 0.25) is 0 Å². The highest BCUT2D eigenvalue weighted by molar-refractivity contribution is 5.42. The number of likely N-dealkylation sites (N-methyl/N-ethyl adjacent to an activating group) is 1. The maximum absolute atomic E-state index is 5.85. The van der Waals surface area contributed by atoms with E-state index in [0.717, 1.165) is 17.2 Å². The molecule has 0 fully saturated rings. The molecule has 0 heterocycles. The van der Waals surface area contributed by atoms with Crippen LogP contribution in [0.3, 0.4) is 0 Å². The number of ether oxygens (including phenoxy) is 3. The van der Waals surface area contributed by atoms with Crippen molar-refractivity contribution in [3.05, 3.63) is 18.2 Å². The fraction of sp³-hybridized carbons (Fsp3) is 0.600. The van der Waals surface area contributed by atoms with Gasteiger partial charge < -0.3 is 19.5 Å². The zero-order chi connectivity index (χ0) is 14.5. The smallest absolute Gasteiger partial charge is 0.126 e. The van der Waals surface area contributed by atoms with E-state index in [1.807, 2.05) is 25.2 Å². The van der Waals surface area contributed by atoms with Gasteiger partial charge in [-0.25, -0.2) is 0 Å². The number of hydrogen-bond acceptors (Lipinski definition) is 4. The number of nitrogens with one attached hydrogen (secondary N) is 1. The summed E-state index contributed by atoms with van der Waals surface area (Å²) in [6.45, 7) is 7.15. The fourth-order valence-electron chi connectivity index (χ4n) is 1.81. The van der Waals surface area contributed by atoms with Crippen LogP contribution in [0.1, 0.15) is 20.8 Å². The average Bonchev–Trinajstić information content (AvgIpc) is 2.37. The predicted octanol–water partition coefficient (Wildman–Crippen LogP) is 2.72. The summed E-state index contributed by atoms with van der Waals surface area (Å²) in [7, 11) is 5.21. The van der Waals surface area contributed by atoms with Crippen LogP contribution in [-0.4, -0.2) is 33.9 Å². The van der Waals surface area contributed by atoms with Crippen molar-refractivity contribution in [2.75, 3.05) is 27.9 Å². The van der Waals surface area contributed by atoms with Crippen LogP contribution >= 0.6 is 0 Å². The Morgan fingerprint density at radius 2 is 1.47 bits per heavy atom. The van der Waals surface area contributed by atoms with Gasteiger partial charge in [0.1, 0.15) is 23.9 Å². The van der Waals surface area contributed by atoms with E-state index in [9.17, 15) is 0 Å². The van der Waals surface area contributed by atoms with Crippen molar-refractivity contribution in [2.24, 2.45) is 5.41 Å². The quantitative estimate of drug-likeness (QED) is 0.860. The molecule has 0 aliphatic rings. The van der Waals surface area contributed by atoms with Crippen LogP contribution in [0.5, 0.6) is 17.2 Å². The van der Waals surface area contributed by atoms with E-state index in [1.54, 1.807) is 14.2 Å². The Kier molecular flexibility index (Phi) is 5.48. The van der Waals surface area contributed by atoms with Gasteiger partial charge in [0.25, 0.3) is 0 Å². The van der Waals surface area contributed by atoms with Crippen molar-refractivity contribution in [1.29, 1.82) is 0 Å². The van der Waals surface area contributed by atoms with Gasteiger partial charge in [-0.2, -0.15) is 0 Å². The molecule has 19 heavy (non-hydrogen) atoms. The molecule has 4 nitrogen and oxygen atoms in total. The normalized spacial score (nSPS) is 12.9. The Morgan fingerprint density at radius 1 is 1.00 bits per heavy atom. The standard InChI is InChI=1S/C15H25NO3/c1-15(2,3)14(16-4)10-19-13-8-11(17-5)7-12(9-13)18-6/h7-9,14,16H,10H2,1-6H3. The molecule has 0 saturated carbocycles. The lowest BCUT2D eigenvalue weighted by molar-refractivity contribution is 0.180. The van der Waals surface area contributed by atoms with E-state index in [1.165, 1.54) is 0 Å². The summed E-state index contributed by atoms with van der Waals surface area (Å²) < 4.78 is 16.3. The van der Waals surface area contributed by atoms with E-state index in [2.05, 4.69) is 26.1 Å². The molecule has 1 unspecified atom stereocenters. The molecule has 1 rings (SSSR count). The number of methoxy groups -OCH3 is 2. The molecular formula is C15H25NO3. The van der Waals surface area contributed by atoms with E-state index in [-0.39, 0.29) is 11.5 Å². The Bertz CT molecular complexity index is 377. The van der Waals surface area contributed by atoms with Gasteiger partial charge in [-0.15, -0.1) is 0 Å². The van der Waals surface area contributed by atoms with Crippen molar-refractivity contribution in [3.8, 4) is 17.2 Å². The van der Waals surface area contributed by atoms with Crippen LogP contribution in [0.4, 0.5) is 0 Å². The molecule has 108 valence electrons. The zero-order valence-electron chi connectivity index (χ0n) is 12.7. The Morgan fingerprint density at radius 3 is 1.84 bits per heavy atom. The topological polar surface area (TPSA) is 39.7 Å². The summed E-state index contributed by atoms with van der Waals surface area (Å²) in [5, 5.41) is 3.28. The lowest BCUT2D eigenvalue weighted by Crippen LogP contribution is -2.42. The van der Waals surface area contributed by atoms with Crippen LogP contribution in [0.15, 0.2) is 18.2 Å². The molecule has 0 amide bonds. The highest BCUT2D eigenvalue weighted by atomic mass is 16.5. The largest absolute Gasteiger partial charge is 0.496 e. The van der Waals surface area contributed by atoms with Crippen molar-refractivity contribution in [3.63, 3.8) is 0 Å². The van der Waals surface area contributed by atoms with Gasteiger partial charge >= 0.3 is 0 Å². The molecule has 0 aromatic heterocycles. The highest BCUT2D eigenvalue weighted by Crippen LogP contribution is 2.28. The first-order valence-corrected chi connectivity index (χ1v) is 6.44. The molecule has 0 aliphatic carbocycles. The summed E-state index contributed by atoms with van der Waals surface area (Å²) in [5.74, 6) is 2.21. The van der Waals surface area contributed by atoms with Gasteiger partial charge in [-0.3, -0.25) is 0 Å². The van der Waals surface area contributed by atoms with Crippen LogP contribution in [0, 0.1) is 5.41 Å². The molecule has 0 spiro atoms. The minimum atomic E-state index is 0.137. The van der Waals surface area contributed by atoms with Gasteiger partial charge in [0.05, 0.1) is 14.2 Å². The fourth-order valence-corrected chi connectivity index (χ4v) is 1.81. The molecule has 4 heteroatoms. The SMILES string of the molecule is CNC(COc1cc(OC)cc(OC)c1)C(C)(C)C. The van der Waals surface area contributed by atoms with E-state index in [0.29, 0.717) is 6.61 Å². The molecule has 1 aromatic rings. The van der Waals surface area contributed by atoms with Crippen molar-refractivity contribution < 1.29 is 14.2 Å². The lowest BCUT2D eigenvalue weighted by Gasteiger charge is -2.30. The number of hydrogen-bond donors (Lipinski definition) is 1. The predicted molar refractivity (Wildman–Crippen MR) is 77.3 cm³/mol. The second kappa shape index (κ2) is 6.66. The third kappa shape index (κ3) is 4.63. The first-order chi connectivity index (χ1) is 8.90. The second-order valence-electron chi connectivity index (χ2n) is 5.57. The van der Waals surface area contributed by atoms with E-state index in [4.69, 9.17) is 14.2 Å². The molecule has 0 saturated heterocycles. The summed E-state index contributed by atoms with van der Waals surface area (Å²) in [4.78, 5) is 0. The van der Waals surface area contributed by atoms with Crippen molar-refractivity contribution in [1.82, 2.24) is 5.32 Å². The molecular weight excluding hydrogens is 242 g/mol. The maximum atomic E-state index is 5.85. The average molecular weight is 267 g/mol. The third-order valence-electron chi connectivity index (χ3n) is 3.14. The van der Waals surface area contributed by atoms with Crippen LogP contribution in [0.25, 0.3) is 0 Å².